The molecule has 0 amide bonds. The van der Waals surface area contributed by atoms with Gasteiger partial charge in [0.2, 0.25) is 0 Å². The highest BCUT2D eigenvalue weighted by Gasteiger charge is 2.47. The molecule has 1 aromatic rings. The minimum Gasteiger partial charge on any atom is -0.459 e. The van der Waals surface area contributed by atoms with E-state index in [0.717, 1.165) is 5.56 Å². The molecule has 3 heteroatoms. The molecule has 1 rings (SSSR count). The molecule has 1 aromatic carbocycles. The summed E-state index contributed by atoms with van der Waals surface area (Å²) in [5.74, 6) is -0.501. The maximum absolute atomic E-state index is 13.0. The Morgan fingerprint density at radius 3 is 1.83 bits per heavy atom. The van der Waals surface area contributed by atoms with E-state index in [-0.39, 0.29) is 5.78 Å². The number of Topliss-reactive ketones (excluding diaryl/α,β-unsaturated/α-hetero) is 1. The SMILES string of the molecule is Cc1ccc(CCC(C)(C(=O)OC(C)(C)C)C(=O)C(C)(C)C)cc1. The van der Waals surface area contributed by atoms with Gasteiger partial charge in [-0.1, -0.05) is 50.6 Å². The van der Waals surface area contributed by atoms with Gasteiger partial charge in [0, 0.05) is 5.41 Å². The van der Waals surface area contributed by atoms with Crippen molar-refractivity contribution in [3.8, 4) is 0 Å². The van der Waals surface area contributed by atoms with Crippen LogP contribution in [0.25, 0.3) is 0 Å². The number of ether oxygens (including phenoxy) is 1. The summed E-state index contributed by atoms with van der Waals surface area (Å²) >= 11 is 0. The van der Waals surface area contributed by atoms with Crippen molar-refractivity contribution in [1.82, 2.24) is 0 Å². The van der Waals surface area contributed by atoms with Crippen LogP contribution < -0.4 is 0 Å². The number of benzene rings is 1. The first-order valence-electron chi connectivity index (χ1n) is 8.59. The minimum absolute atomic E-state index is 0.0728. The lowest BCUT2D eigenvalue weighted by Crippen LogP contribution is -2.46. The molecule has 0 fully saturated rings. The summed E-state index contributed by atoms with van der Waals surface area (Å²) in [6.07, 6.45) is 1.11. The highest BCUT2D eigenvalue weighted by Crippen LogP contribution is 2.36. The van der Waals surface area contributed by atoms with E-state index in [9.17, 15) is 9.59 Å². The second-order valence-corrected chi connectivity index (χ2v) is 8.90. The molecule has 1 atom stereocenters. The molecule has 3 nitrogen and oxygen atoms in total. The molecule has 0 aliphatic rings. The van der Waals surface area contributed by atoms with E-state index < -0.39 is 22.4 Å². The van der Waals surface area contributed by atoms with Gasteiger partial charge in [0.15, 0.2) is 5.78 Å². The van der Waals surface area contributed by atoms with Gasteiger partial charge in [-0.15, -0.1) is 0 Å². The van der Waals surface area contributed by atoms with Crippen LogP contribution >= 0.6 is 0 Å². The molecule has 0 saturated heterocycles. The van der Waals surface area contributed by atoms with Crippen LogP contribution in [0.15, 0.2) is 24.3 Å². The lowest BCUT2D eigenvalue weighted by Gasteiger charge is -2.34. The molecule has 0 aromatic heterocycles. The normalized spacial score (nSPS) is 14.8. The minimum atomic E-state index is -1.14. The molecule has 0 aliphatic heterocycles. The summed E-state index contributed by atoms with van der Waals surface area (Å²) in [6.45, 7) is 14.8. The molecular formula is C21H32O3. The highest BCUT2D eigenvalue weighted by molar-refractivity contribution is 6.05. The van der Waals surface area contributed by atoms with Gasteiger partial charge in [0.05, 0.1) is 0 Å². The molecule has 0 spiro atoms. The molecule has 0 saturated carbocycles. The highest BCUT2D eigenvalue weighted by atomic mass is 16.6. The maximum Gasteiger partial charge on any atom is 0.319 e. The number of ketones is 1. The Morgan fingerprint density at radius 1 is 0.917 bits per heavy atom. The van der Waals surface area contributed by atoms with Crippen molar-refractivity contribution in [3.05, 3.63) is 35.4 Å². The smallest absolute Gasteiger partial charge is 0.319 e. The van der Waals surface area contributed by atoms with Crippen molar-refractivity contribution in [2.75, 3.05) is 0 Å². The number of hydrogen-bond donors (Lipinski definition) is 0. The lowest BCUT2D eigenvalue weighted by molar-refractivity contribution is -0.172. The molecule has 0 radical (unpaired) electrons. The van der Waals surface area contributed by atoms with Gasteiger partial charge in [0.1, 0.15) is 11.0 Å². The summed E-state index contributed by atoms with van der Waals surface area (Å²) in [4.78, 5) is 25.8. The fourth-order valence-electron chi connectivity index (χ4n) is 2.68. The number of esters is 1. The third kappa shape index (κ3) is 5.47. The predicted octanol–water partition coefficient (Wildman–Crippen LogP) is 4.89. The summed E-state index contributed by atoms with van der Waals surface area (Å²) < 4.78 is 5.57. The van der Waals surface area contributed by atoms with Gasteiger partial charge in [-0.2, -0.15) is 0 Å². The van der Waals surface area contributed by atoms with Crippen LogP contribution in [0.3, 0.4) is 0 Å². The zero-order valence-corrected chi connectivity index (χ0v) is 16.4. The molecule has 1 unspecified atom stereocenters. The van der Waals surface area contributed by atoms with Crippen molar-refractivity contribution in [2.24, 2.45) is 10.8 Å². The van der Waals surface area contributed by atoms with Crippen LogP contribution in [0.4, 0.5) is 0 Å². The van der Waals surface area contributed by atoms with E-state index >= 15 is 0 Å². The Kier molecular flexibility index (Phi) is 6.02. The number of carbonyl (C=O) groups is 2. The van der Waals surface area contributed by atoms with Crippen LogP contribution in [-0.2, 0) is 20.7 Å². The monoisotopic (exact) mass is 332 g/mol. The average Bonchev–Trinajstić information content (AvgIpc) is 2.42. The van der Waals surface area contributed by atoms with Crippen molar-refractivity contribution < 1.29 is 14.3 Å². The zero-order chi connectivity index (χ0) is 18.8. The first kappa shape index (κ1) is 20.4. The maximum atomic E-state index is 13.0. The molecular weight excluding hydrogens is 300 g/mol. The second-order valence-electron chi connectivity index (χ2n) is 8.90. The van der Waals surface area contributed by atoms with E-state index in [4.69, 9.17) is 4.74 Å². The molecule has 0 bridgehead atoms. The standard InChI is InChI=1S/C21H32O3/c1-15-9-11-16(12-10-15)13-14-21(8,17(22)19(2,3)4)18(23)24-20(5,6)7/h9-12H,13-14H2,1-8H3. The van der Waals surface area contributed by atoms with Gasteiger partial charge in [-0.3, -0.25) is 9.59 Å². The Hall–Kier alpha value is -1.64. The molecule has 134 valence electrons. The number of aryl methyl sites for hydroxylation is 2. The lowest BCUT2D eigenvalue weighted by atomic mass is 9.70. The van der Waals surface area contributed by atoms with E-state index in [2.05, 4.69) is 0 Å². The van der Waals surface area contributed by atoms with Crippen molar-refractivity contribution in [1.29, 1.82) is 0 Å². The third-order valence-corrected chi connectivity index (χ3v) is 4.07. The van der Waals surface area contributed by atoms with Crippen molar-refractivity contribution >= 4 is 11.8 Å². The van der Waals surface area contributed by atoms with Crippen LogP contribution in [0.1, 0.15) is 66.0 Å². The van der Waals surface area contributed by atoms with Crippen LogP contribution in [0.2, 0.25) is 0 Å². The molecule has 24 heavy (non-hydrogen) atoms. The van der Waals surface area contributed by atoms with Gasteiger partial charge >= 0.3 is 5.97 Å². The number of rotatable bonds is 5. The molecule has 0 N–H and O–H groups in total. The average molecular weight is 332 g/mol. The Morgan fingerprint density at radius 2 is 1.42 bits per heavy atom. The van der Waals surface area contributed by atoms with Crippen molar-refractivity contribution in [2.45, 2.75) is 73.8 Å². The summed E-state index contributed by atoms with van der Waals surface area (Å²) in [6, 6.07) is 8.19. The number of hydrogen-bond acceptors (Lipinski definition) is 3. The fourth-order valence-corrected chi connectivity index (χ4v) is 2.68. The van der Waals surface area contributed by atoms with Crippen LogP contribution in [-0.4, -0.2) is 17.4 Å². The van der Waals surface area contributed by atoms with Gasteiger partial charge in [0.25, 0.3) is 0 Å². The van der Waals surface area contributed by atoms with E-state index in [0.29, 0.717) is 12.8 Å². The summed E-state index contributed by atoms with van der Waals surface area (Å²) in [5, 5.41) is 0. The molecule has 0 aliphatic carbocycles. The summed E-state index contributed by atoms with van der Waals surface area (Å²) in [5.41, 5.74) is -0.0353. The first-order chi connectivity index (χ1) is 10.8. The van der Waals surface area contributed by atoms with Gasteiger partial charge in [-0.05, 0) is 53.0 Å². The third-order valence-electron chi connectivity index (χ3n) is 4.07. The van der Waals surface area contributed by atoms with Gasteiger partial charge in [-0.25, -0.2) is 0 Å². The van der Waals surface area contributed by atoms with E-state index in [1.54, 1.807) is 6.92 Å². The first-order valence-corrected chi connectivity index (χ1v) is 8.59. The van der Waals surface area contributed by atoms with E-state index in [1.165, 1.54) is 5.56 Å². The topological polar surface area (TPSA) is 43.4 Å². The second kappa shape index (κ2) is 7.08. The van der Waals surface area contributed by atoms with Gasteiger partial charge < -0.3 is 4.74 Å². The van der Waals surface area contributed by atoms with Crippen LogP contribution in [0.5, 0.6) is 0 Å². The Labute approximate surface area is 146 Å². The predicted molar refractivity (Wildman–Crippen MR) is 97.9 cm³/mol. The molecule has 0 heterocycles. The fraction of sp³-hybridized carbons (Fsp3) is 0.619. The van der Waals surface area contributed by atoms with E-state index in [1.807, 2.05) is 72.7 Å². The zero-order valence-electron chi connectivity index (χ0n) is 16.4. The van der Waals surface area contributed by atoms with Crippen LogP contribution in [0, 0.1) is 17.8 Å². The Bertz CT molecular complexity index is 585. The largest absolute Gasteiger partial charge is 0.459 e. The quantitative estimate of drug-likeness (QED) is 0.569. The summed E-state index contributed by atoms with van der Waals surface area (Å²) in [7, 11) is 0. The Balaban J connectivity index is 3.06. The van der Waals surface area contributed by atoms with Crippen molar-refractivity contribution in [3.63, 3.8) is 0 Å². The number of carbonyl (C=O) groups excluding carboxylic acids is 2.